The summed E-state index contributed by atoms with van der Waals surface area (Å²) in [5.74, 6) is 0. The molecule has 1 rings (SSSR count). The van der Waals surface area contributed by atoms with Gasteiger partial charge in [0.05, 0.1) is 0 Å². The minimum Gasteiger partial charge on any atom is -0.382 e. The second kappa shape index (κ2) is 6.80. The summed E-state index contributed by atoms with van der Waals surface area (Å²) in [6.07, 6.45) is 4.93. The summed E-state index contributed by atoms with van der Waals surface area (Å²) in [6.45, 7) is 6.58. The van der Waals surface area contributed by atoms with Crippen molar-refractivity contribution in [3.8, 4) is 0 Å². The number of benzene rings is 1. The van der Waals surface area contributed by atoms with Crippen molar-refractivity contribution in [2.75, 3.05) is 5.32 Å². The van der Waals surface area contributed by atoms with Crippen LogP contribution in [-0.4, -0.2) is 6.04 Å². The van der Waals surface area contributed by atoms with E-state index in [0.29, 0.717) is 6.04 Å². The fraction of sp³-hybridized carbons (Fsp3) is 0.571. The summed E-state index contributed by atoms with van der Waals surface area (Å²) in [5, 5.41) is 4.39. The second-order valence-electron chi connectivity index (χ2n) is 4.35. The van der Waals surface area contributed by atoms with Crippen molar-refractivity contribution in [3.05, 3.63) is 28.8 Å². The standard InChI is InChI=1S/C14H22ClN/c1-4-6-7-13(5-2)16-14-10-12(15)9-8-11(14)3/h8-10,13,16H,4-7H2,1-3H3. The monoisotopic (exact) mass is 239 g/mol. The van der Waals surface area contributed by atoms with Crippen molar-refractivity contribution in [2.24, 2.45) is 0 Å². The van der Waals surface area contributed by atoms with Crippen LogP contribution in [0.1, 0.15) is 45.1 Å². The summed E-state index contributed by atoms with van der Waals surface area (Å²) in [6, 6.07) is 6.59. The van der Waals surface area contributed by atoms with Gasteiger partial charge >= 0.3 is 0 Å². The summed E-state index contributed by atoms with van der Waals surface area (Å²) in [7, 11) is 0. The third kappa shape index (κ3) is 4.05. The number of rotatable bonds is 6. The van der Waals surface area contributed by atoms with Crippen LogP contribution in [0.4, 0.5) is 5.69 Å². The molecule has 0 radical (unpaired) electrons. The Bertz CT molecular complexity index is 323. The fourth-order valence-electron chi connectivity index (χ4n) is 1.80. The van der Waals surface area contributed by atoms with Crippen molar-refractivity contribution in [1.29, 1.82) is 0 Å². The number of unbranched alkanes of at least 4 members (excludes halogenated alkanes) is 1. The van der Waals surface area contributed by atoms with E-state index in [9.17, 15) is 0 Å². The third-order valence-corrected chi connectivity index (χ3v) is 3.19. The van der Waals surface area contributed by atoms with Crippen molar-refractivity contribution < 1.29 is 0 Å². The summed E-state index contributed by atoms with van der Waals surface area (Å²) in [4.78, 5) is 0. The Morgan fingerprint density at radius 2 is 2.06 bits per heavy atom. The number of halogens is 1. The van der Waals surface area contributed by atoms with E-state index in [4.69, 9.17) is 11.6 Å². The molecule has 0 fully saturated rings. The van der Waals surface area contributed by atoms with Crippen LogP contribution in [-0.2, 0) is 0 Å². The molecule has 0 aliphatic rings. The molecule has 0 aromatic heterocycles. The van der Waals surface area contributed by atoms with Crippen LogP contribution in [0.5, 0.6) is 0 Å². The molecule has 1 aromatic carbocycles. The highest BCUT2D eigenvalue weighted by Gasteiger charge is 2.07. The van der Waals surface area contributed by atoms with E-state index in [2.05, 4.69) is 32.2 Å². The summed E-state index contributed by atoms with van der Waals surface area (Å²) >= 11 is 6.01. The maximum Gasteiger partial charge on any atom is 0.0426 e. The predicted molar refractivity (Wildman–Crippen MR) is 73.4 cm³/mol. The smallest absolute Gasteiger partial charge is 0.0426 e. The zero-order chi connectivity index (χ0) is 12.0. The molecule has 0 aliphatic heterocycles. The molecular formula is C14H22ClN. The molecule has 1 atom stereocenters. The summed E-state index contributed by atoms with van der Waals surface area (Å²) < 4.78 is 0. The van der Waals surface area contributed by atoms with E-state index in [1.165, 1.54) is 30.5 Å². The normalized spacial score (nSPS) is 12.5. The molecule has 1 aromatic rings. The van der Waals surface area contributed by atoms with Crippen molar-refractivity contribution >= 4 is 17.3 Å². The molecule has 1 unspecified atom stereocenters. The lowest BCUT2D eigenvalue weighted by Crippen LogP contribution is -2.18. The molecule has 90 valence electrons. The molecule has 0 saturated carbocycles. The minimum absolute atomic E-state index is 0.567. The van der Waals surface area contributed by atoms with Gasteiger partial charge in [0.25, 0.3) is 0 Å². The topological polar surface area (TPSA) is 12.0 Å². The SMILES string of the molecule is CCCCC(CC)Nc1cc(Cl)ccc1C. The quantitative estimate of drug-likeness (QED) is 0.734. The van der Waals surface area contributed by atoms with E-state index in [1.807, 2.05) is 12.1 Å². The molecule has 0 spiro atoms. The van der Waals surface area contributed by atoms with Crippen LogP contribution in [0.3, 0.4) is 0 Å². The Labute approximate surface area is 104 Å². The molecule has 2 heteroatoms. The van der Waals surface area contributed by atoms with Crippen molar-refractivity contribution in [2.45, 2.75) is 52.5 Å². The Morgan fingerprint density at radius 3 is 2.69 bits per heavy atom. The molecule has 0 amide bonds. The van der Waals surface area contributed by atoms with Gasteiger partial charge in [0.1, 0.15) is 0 Å². The average molecular weight is 240 g/mol. The largest absolute Gasteiger partial charge is 0.382 e. The zero-order valence-corrected chi connectivity index (χ0v) is 11.3. The first-order valence-electron chi connectivity index (χ1n) is 6.20. The highest BCUT2D eigenvalue weighted by atomic mass is 35.5. The van der Waals surface area contributed by atoms with E-state index < -0.39 is 0 Å². The highest BCUT2D eigenvalue weighted by molar-refractivity contribution is 6.30. The van der Waals surface area contributed by atoms with Gasteiger partial charge in [-0.1, -0.05) is 44.4 Å². The maximum atomic E-state index is 6.01. The zero-order valence-electron chi connectivity index (χ0n) is 10.5. The molecule has 16 heavy (non-hydrogen) atoms. The first-order valence-corrected chi connectivity index (χ1v) is 6.57. The fourth-order valence-corrected chi connectivity index (χ4v) is 1.97. The lowest BCUT2D eigenvalue weighted by Gasteiger charge is -2.19. The number of aryl methyl sites for hydroxylation is 1. The lowest BCUT2D eigenvalue weighted by molar-refractivity contribution is 0.593. The summed E-state index contributed by atoms with van der Waals surface area (Å²) in [5.41, 5.74) is 2.44. The van der Waals surface area contributed by atoms with Crippen LogP contribution >= 0.6 is 11.6 Å². The van der Waals surface area contributed by atoms with E-state index in [-0.39, 0.29) is 0 Å². The van der Waals surface area contributed by atoms with E-state index >= 15 is 0 Å². The van der Waals surface area contributed by atoms with Gasteiger partial charge in [-0.3, -0.25) is 0 Å². The third-order valence-electron chi connectivity index (χ3n) is 2.96. The second-order valence-corrected chi connectivity index (χ2v) is 4.79. The Morgan fingerprint density at radius 1 is 1.31 bits per heavy atom. The first-order chi connectivity index (χ1) is 7.67. The van der Waals surface area contributed by atoms with Gasteiger partial charge in [0.15, 0.2) is 0 Å². The van der Waals surface area contributed by atoms with Crippen molar-refractivity contribution in [1.82, 2.24) is 0 Å². The van der Waals surface area contributed by atoms with Crippen LogP contribution in [0.2, 0.25) is 5.02 Å². The first kappa shape index (κ1) is 13.4. The van der Waals surface area contributed by atoms with Crippen LogP contribution < -0.4 is 5.32 Å². The minimum atomic E-state index is 0.567. The molecule has 0 saturated heterocycles. The molecule has 0 heterocycles. The maximum absolute atomic E-state index is 6.01. The van der Waals surface area contributed by atoms with E-state index in [0.717, 1.165) is 11.4 Å². The van der Waals surface area contributed by atoms with E-state index in [1.54, 1.807) is 0 Å². The number of nitrogens with one attached hydrogen (secondary N) is 1. The van der Waals surface area contributed by atoms with Gasteiger partial charge in [0.2, 0.25) is 0 Å². The van der Waals surface area contributed by atoms with Gasteiger partial charge in [-0.15, -0.1) is 0 Å². The number of hydrogen-bond donors (Lipinski definition) is 1. The van der Waals surface area contributed by atoms with Gasteiger partial charge < -0.3 is 5.32 Å². The number of anilines is 1. The van der Waals surface area contributed by atoms with Gasteiger partial charge in [0, 0.05) is 16.8 Å². The van der Waals surface area contributed by atoms with Gasteiger partial charge in [-0.25, -0.2) is 0 Å². The average Bonchev–Trinajstić information content (AvgIpc) is 2.28. The van der Waals surface area contributed by atoms with Gasteiger partial charge in [-0.05, 0) is 37.5 Å². The molecule has 0 bridgehead atoms. The molecule has 1 N–H and O–H groups in total. The van der Waals surface area contributed by atoms with Crippen LogP contribution in [0, 0.1) is 6.92 Å². The molecular weight excluding hydrogens is 218 g/mol. The van der Waals surface area contributed by atoms with Crippen LogP contribution in [0.25, 0.3) is 0 Å². The predicted octanol–water partition coefficient (Wildman–Crippen LogP) is 5.03. The number of hydrogen-bond acceptors (Lipinski definition) is 1. The Hall–Kier alpha value is -0.690. The molecule has 1 nitrogen and oxygen atoms in total. The van der Waals surface area contributed by atoms with Crippen molar-refractivity contribution in [3.63, 3.8) is 0 Å². The Balaban J connectivity index is 2.65. The highest BCUT2D eigenvalue weighted by Crippen LogP contribution is 2.22. The lowest BCUT2D eigenvalue weighted by atomic mass is 10.1. The Kier molecular flexibility index (Phi) is 5.68. The molecule has 0 aliphatic carbocycles. The van der Waals surface area contributed by atoms with Gasteiger partial charge in [-0.2, -0.15) is 0 Å². The van der Waals surface area contributed by atoms with Crippen LogP contribution in [0.15, 0.2) is 18.2 Å².